The van der Waals surface area contributed by atoms with Crippen molar-refractivity contribution < 1.29 is 19.4 Å². The van der Waals surface area contributed by atoms with Crippen molar-refractivity contribution in [3.8, 4) is 17.2 Å². The number of rotatable bonds is 5. The van der Waals surface area contributed by atoms with E-state index in [9.17, 15) is 20.0 Å². The molecule has 2 bridgehead atoms. The first-order valence-corrected chi connectivity index (χ1v) is 13.0. The van der Waals surface area contributed by atoms with E-state index in [0.29, 0.717) is 12.8 Å². The zero-order valence-corrected chi connectivity index (χ0v) is 21.5. The molecule has 0 spiro atoms. The third kappa shape index (κ3) is 5.28. The van der Waals surface area contributed by atoms with Crippen LogP contribution in [0.5, 0.6) is 0 Å². The van der Waals surface area contributed by atoms with Crippen LogP contribution in [-0.2, 0) is 22.4 Å². The molecular weight excluding hydrogens is 468 g/mol. The first-order chi connectivity index (χ1) is 17.6. The lowest BCUT2D eigenvalue weighted by atomic mass is 9.97. The van der Waals surface area contributed by atoms with Crippen LogP contribution in [0, 0.1) is 17.2 Å². The number of benzene rings is 2. The molecule has 0 radical (unpaired) electrons. The molecule has 8 nitrogen and oxygen atoms in total. The highest BCUT2D eigenvalue weighted by molar-refractivity contribution is 5.87. The van der Waals surface area contributed by atoms with E-state index in [1.54, 1.807) is 4.90 Å². The van der Waals surface area contributed by atoms with Crippen molar-refractivity contribution in [1.82, 2.24) is 10.2 Å². The van der Waals surface area contributed by atoms with Gasteiger partial charge in [-0.15, -0.1) is 0 Å². The molecule has 5 atom stereocenters. The van der Waals surface area contributed by atoms with E-state index in [1.807, 2.05) is 63.2 Å². The molecule has 3 N–H and O–H groups in total. The predicted octanol–water partition coefficient (Wildman–Crippen LogP) is 3.98. The van der Waals surface area contributed by atoms with E-state index < -0.39 is 30.0 Å². The van der Waals surface area contributed by atoms with Gasteiger partial charge in [-0.2, -0.15) is 5.26 Å². The molecule has 8 heteroatoms. The van der Waals surface area contributed by atoms with E-state index in [1.165, 1.54) is 0 Å². The summed E-state index contributed by atoms with van der Waals surface area (Å²) in [5, 5.41) is 25.6. The zero-order valence-electron chi connectivity index (χ0n) is 21.5. The van der Waals surface area contributed by atoms with Crippen molar-refractivity contribution in [2.75, 3.05) is 5.32 Å². The Hall–Kier alpha value is -3.57. The molecule has 1 saturated heterocycles. The molecule has 2 heterocycles. The Kier molecular flexibility index (Phi) is 6.59. The predicted molar refractivity (Wildman–Crippen MR) is 139 cm³/mol. The maximum Gasteiger partial charge on any atom is 0.411 e. The smallest absolute Gasteiger partial charge is 0.411 e. The van der Waals surface area contributed by atoms with Crippen LogP contribution in [0.1, 0.15) is 51.2 Å². The second kappa shape index (κ2) is 9.71. The largest absolute Gasteiger partial charge is 0.444 e. The van der Waals surface area contributed by atoms with Crippen LogP contribution < -0.4 is 10.6 Å². The number of likely N-dealkylation sites (tertiary alicyclic amines) is 1. The van der Waals surface area contributed by atoms with Gasteiger partial charge in [-0.25, -0.2) is 4.79 Å². The number of fused-ring (bicyclic) bond motifs is 3. The molecule has 2 amide bonds. The first kappa shape index (κ1) is 25.1. The number of nitriles is 1. The highest BCUT2D eigenvalue weighted by Crippen LogP contribution is 2.43. The van der Waals surface area contributed by atoms with Crippen LogP contribution in [0.25, 0.3) is 11.1 Å². The van der Waals surface area contributed by atoms with Gasteiger partial charge in [-0.1, -0.05) is 36.4 Å². The second-order valence-electron chi connectivity index (χ2n) is 11.4. The molecule has 2 fully saturated rings. The van der Waals surface area contributed by atoms with Gasteiger partial charge in [0.25, 0.3) is 0 Å². The normalized spacial score (nSPS) is 24.7. The van der Waals surface area contributed by atoms with Crippen LogP contribution in [0.15, 0.2) is 42.5 Å². The molecule has 2 aliphatic heterocycles. The summed E-state index contributed by atoms with van der Waals surface area (Å²) in [5.74, 6) is -0.187. The van der Waals surface area contributed by atoms with Gasteiger partial charge < -0.3 is 20.5 Å². The number of nitrogens with zero attached hydrogens (tertiary/aromatic N) is 2. The summed E-state index contributed by atoms with van der Waals surface area (Å²) >= 11 is 0. The Balaban J connectivity index is 1.24. The Morgan fingerprint density at radius 3 is 2.62 bits per heavy atom. The lowest BCUT2D eigenvalue weighted by Crippen LogP contribution is -2.55. The minimum atomic E-state index is -0.705. The number of aliphatic hydroxyl groups is 1. The Labute approximate surface area is 217 Å². The molecule has 3 aliphatic rings. The maximum atomic E-state index is 13.3. The van der Waals surface area contributed by atoms with Crippen molar-refractivity contribution in [2.45, 2.75) is 82.8 Å². The molecule has 1 saturated carbocycles. The van der Waals surface area contributed by atoms with E-state index in [4.69, 9.17) is 4.74 Å². The summed E-state index contributed by atoms with van der Waals surface area (Å²) < 4.78 is 5.58. The molecule has 2 aromatic carbocycles. The third-order valence-corrected chi connectivity index (χ3v) is 7.50. The fourth-order valence-corrected chi connectivity index (χ4v) is 5.87. The van der Waals surface area contributed by atoms with Crippen LogP contribution in [0.4, 0.5) is 10.5 Å². The quantitative estimate of drug-likeness (QED) is 0.570. The van der Waals surface area contributed by atoms with Gasteiger partial charge in [-0.05, 0) is 74.3 Å². The number of hydrogen-bond donors (Lipinski definition) is 3. The number of anilines is 1. The fraction of sp³-hybridized carbons (Fsp3) is 0.483. The van der Waals surface area contributed by atoms with Gasteiger partial charge >= 0.3 is 6.09 Å². The highest BCUT2D eigenvalue weighted by Gasteiger charge is 2.52. The van der Waals surface area contributed by atoms with Gasteiger partial charge in [-0.3, -0.25) is 9.69 Å². The van der Waals surface area contributed by atoms with Crippen molar-refractivity contribution in [3.63, 3.8) is 0 Å². The summed E-state index contributed by atoms with van der Waals surface area (Å²) in [6.45, 7) is 5.45. The standard InChI is InChI=1S/C29H34N4O4/c1-29(2,3)37-28(36)33-23-11-10-21(13-23)26(33)27(35)31-22(16-30)12-17-4-6-18(7-5-17)19-8-9-20-15-25(34)32-24(20)14-19/h4-9,14,21-23,25-26,32,34H,10-13,15H2,1-3H3,(H,31,35)/t21-,22-,23+,25?,26-/m0/s1. The van der Waals surface area contributed by atoms with Crippen LogP contribution >= 0.6 is 0 Å². The van der Waals surface area contributed by atoms with Gasteiger partial charge in [0.15, 0.2) is 0 Å². The molecule has 0 aromatic heterocycles. The number of ether oxygens (including phenoxy) is 1. The van der Waals surface area contributed by atoms with Crippen molar-refractivity contribution >= 4 is 17.7 Å². The fourth-order valence-electron chi connectivity index (χ4n) is 5.87. The number of amides is 2. The summed E-state index contributed by atoms with van der Waals surface area (Å²) in [7, 11) is 0. The Morgan fingerprint density at radius 2 is 1.92 bits per heavy atom. The molecular formula is C29H34N4O4. The number of carbonyl (C=O) groups is 2. The van der Waals surface area contributed by atoms with E-state index in [2.05, 4.69) is 16.7 Å². The van der Waals surface area contributed by atoms with E-state index in [0.717, 1.165) is 47.2 Å². The summed E-state index contributed by atoms with van der Waals surface area (Å²) in [6, 6.07) is 14.9. The van der Waals surface area contributed by atoms with E-state index >= 15 is 0 Å². The molecule has 194 valence electrons. The van der Waals surface area contributed by atoms with Crippen LogP contribution in [0.3, 0.4) is 0 Å². The van der Waals surface area contributed by atoms with Gasteiger partial charge in [0, 0.05) is 24.6 Å². The maximum absolute atomic E-state index is 13.3. The van der Waals surface area contributed by atoms with E-state index in [-0.39, 0.29) is 17.9 Å². The van der Waals surface area contributed by atoms with Gasteiger partial charge in [0.05, 0.1) is 6.07 Å². The SMILES string of the molecule is CC(C)(C)OC(=O)N1[C@@H]2CC[C@@H](C2)[C@H]1C(=O)N[C@H](C#N)Cc1ccc(-c2ccc3c(c2)NC(O)C3)cc1. The second-order valence-corrected chi connectivity index (χ2v) is 11.4. The molecule has 1 aliphatic carbocycles. The average molecular weight is 503 g/mol. The number of aliphatic hydroxyl groups excluding tert-OH is 1. The number of piperidine rings is 1. The number of carbonyl (C=O) groups excluding carboxylic acids is 2. The molecule has 2 aromatic rings. The van der Waals surface area contributed by atoms with Gasteiger partial charge in [0.2, 0.25) is 5.91 Å². The number of hydrogen-bond acceptors (Lipinski definition) is 6. The van der Waals surface area contributed by atoms with Crippen LogP contribution in [0.2, 0.25) is 0 Å². The van der Waals surface area contributed by atoms with Gasteiger partial charge in [0.1, 0.15) is 23.9 Å². The van der Waals surface area contributed by atoms with Crippen molar-refractivity contribution in [1.29, 1.82) is 5.26 Å². The summed E-state index contributed by atoms with van der Waals surface area (Å²) in [6.07, 6.45) is 2.55. The Morgan fingerprint density at radius 1 is 1.19 bits per heavy atom. The lowest BCUT2D eigenvalue weighted by molar-refractivity contribution is -0.128. The third-order valence-electron chi connectivity index (χ3n) is 7.50. The summed E-state index contributed by atoms with van der Waals surface area (Å²) in [5.41, 5.74) is 4.41. The monoisotopic (exact) mass is 502 g/mol. The highest BCUT2D eigenvalue weighted by atomic mass is 16.6. The lowest BCUT2D eigenvalue weighted by Gasteiger charge is -2.35. The topological polar surface area (TPSA) is 115 Å². The Bertz CT molecular complexity index is 1230. The zero-order chi connectivity index (χ0) is 26.3. The summed E-state index contributed by atoms with van der Waals surface area (Å²) in [4.78, 5) is 27.8. The molecule has 5 rings (SSSR count). The minimum Gasteiger partial charge on any atom is -0.444 e. The average Bonchev–Trinajstić information content (AvgIpc) is 3.56. The van der Waals surface area contributed by atoms with Crippen molar-refractivity contribution in [3.05, 3.63) is 53.6 Å². The first-order valence-electron chi connectivity index (χ1n) is 13.0. The minimum absolute atomic E-state index is 0.0151. The molecule has 1 unspecified atom stereocenters. The van der Waals surface area contributed by atoms with Crippen LogP contribution in [-0.4, -0.2) is 52.0 Å². The number of nitrogens with one attached hydrogen (secondary N) is 2. The van der Waals surface area contributed by atoms with Crippen molar-refractivity contribution in [2.24, 2.45) is 5.92 Å². The molecule has 37 heavy (non-hydrogen) atoms.